The number of unbranched alkanes of at least 4 members (excludes halogenated alkanes) is 8. The Morgan fingerprint density at radius 3 is 2.26 bits per heavy atom. The van der Waals surface area contributed by atoms with Crippen LogP contribution in [0.2, 0.25) is 0 Å². The second-order valence-corrected chi connectivity index (χ2v) is 22.6. The largest absolute Gasteiger partial charge is 0.481 e. The molecule has 0 saturated carbocycles. The molecule has 11 N–H and O–H groups in total. The van der Waals surface area contributed by atoms with Crippen molar-refractivity contribution < 1.29 is 85.6 Å². The molecule has 1 aliphatic rings. The summed E-state index contributed by atoms with van der Waals surface area (Å²) in [6.45, 7) is 2.59. The van der Waals surface area contributed by atoms with Gasteiger partial charge in [0.1, 0.15) is 36.3 Å². The number of fused-ring (bicyclic) bond motifs is 1. The van der Waals surface area contributed by atoms with E-state index >= 15 is 0 Å². The molecule has 2 amide bonds. The van der Waals surface area contributed by atoms with Gasteiger partial charge in [0, 0.05) is 37.1 Å². The Morgan fingerprint density at radius 2 is 1.57 bits per heavy atom. The van der Waals surface area contributed by atoms with Gasteiger partial charge in [0.25, 0.3) is 0 Å². The fourth-order valence-electron chi connectivity index (χ4n) is 6.84. The van der Waals surface area contributed by atoms with Crippen molar-refractivity contribution in [2.75, 3.05) is 37.8 Å². The lowest BCUT2D eigenvalue weighted by Gasteiger charge is -2.30. The zero-order valence-corrected chi connectivity index (χ0v) is 43.1. The van der Waals surface area contributed by atoms with Gasteiger partial charge in [0.15, 0.2) is 22.8 Å². The number of nitrogens with zero attached hydrogens (tertiary/aromatic N) is 4. The molecular weight excluding hydrogens is 1000 g/mol. The van der Waals surface area contributed by atoms with Gasteiger partial charge in [-0.15, -0.1) is 0 Å². The first-order valence-corrected chi connectivity index (χ1v) is 28.5. The third-order valence-corrected chi connectivity index (χ3v) is 14.7. The van der Waals surface area contributed by atoms with Crippen molar-refractivity contribution in [1.82, 2.24) is 30.2 Å². The van der Waals surface area contributed by atoms with E-state index in [1.54, 1.807) is 0 Å². The number of allylic oxidation sites excluding steroid dienone is 4. The van der Waals surface area contributed by atoms with Crippen molar-refractivity contribution in [3.63, 3.8) is 0 Å². The molecule has 1 aliphatic heterocycles. The minimum absolute atomic E-state index is 0.0122. The van der Waals surface area contributed by atoms with E-state index in [-0.39, 0.29) is 53.8 Å². The summed E-state index contributed by atoms with van der Waals surface area (Å²) in [7, 11) is -16.4. The highest BCUT2D eigenvalue weighted by molar-refractivity contribution is 8.13. The van der Waals surface area contributed by atoms with Gasteiger partial charge in [-0.05, 0) is 38.5 Å². The summed E-state index contributed by atoms with van der Waals surface area (Å²) in [4.78, 5) is 88.5. The van der Waals surface area contributed by atoms with E-state index in [1.165, 1.54) is 33.1 Å². The van der Waals surface area contributed by atoms with Crippen molar-refractivity contribution in [2.45, 2.75) is 147 Å². The maximum absolute atomic E-state index is 12.7. The standard InChI is InChI=1S/C41H70N7O18P3S/c1-4-5-6-7-8-9-10-11-12-13-14-15-16-17-18-19-29(49)24-32(51)70-23-22-43-31(50)20-21-44-39(54)36(53)41(2,3)26-63-69(60,61)66-68(58,59)62-25-30-35(65-67(55,56)57)34(52)40(64-30)48-28-47-33-37(42)45-27-46-38(33)48/h8-9,11-12,27-30,34-36,40,49,52-53H,4-7,10,13-26H2,1-3H3,(H,43,50)(H,44,54)(H,58,59)(H,60,61)(H2,42,45,46)(H2,55,56,57)/b9-8-,12-11-/t29-,30-,34-,35-,36+,40-/m1/s1. The van der Waals surface area contributed by atoms with Crippen LogP contribution in [0.1, 0.15) is 117 Å². The zero-order valence-electron chi connectivity index (χ0n) is 39.6. The highest BCUT2D eigenvalue weighted by atomic mass is 32.2. The topological polar surface area (TPSA) is 384 Å². The Balaban J connectivity index is 1.30. The first kappa shape index (κ1) is 61.3. The van der Waals surface area contributed by atoms with Crippen LogP contribution in [0.3, 0.4) is 0 Å². The number of carbonyl (C=O) groups excluding carboxylic acids is 3. The number of carbonyl (C=O) groups is 3. The first-order chi connectivity index (χ1) is 32.9. The van der Waals surface area contributed by atoms with E-state index in [2.05, 4.69) is 65.6 Å². The number of nitrogens with two attached hydrogens (primary N) is 1. The number of hydrogen-bond acceptors (Lipinski definition) is 19. The number of nitrogens with one attached hydrogen (secondary N) is 2. The number of rotatable bonds is 35. The molecule has 25 nitrogen and oxygen atoms in total. The van der Waals surface area contributed by atoms with Crippen LogP contribution in [0.5, 0.6) is 0 Å². The summed E-state index contributed by atoms with van der Waals surface area (Å²) in [6, 6.07) is 0. The minimum atomic E-state index is -5.59. The van der Waals surface area contributed by atoms with Crippen LogP contribution in [-0.2, 0) is 50.7 Å². The predicted molar refractivity (Wildman–Crippen MR) is 257 cm³/mol. The summed E-state index contributed by atoms with van der Waals surface area (Å²) in [5.74, 6) is -1.23. The number of thioether (sulfide) groups is 1. The number of aliphatic hydroxyl groups excluding tert-OH is 3. The summed E-state index contributed by atoms with van der Waals surface area (Å²) < 4.78 is 62.4. The average Bonchev–Trinajstić information content (AvgIpc) is 3.84. The summed E-state index contributed by atoms with van der Waals surface area (Å²) >= 11 is 0.992. The molecular formula is C41H70N7O18P3S. The molecule has 2 aromatic heterocycles. The van der Waals surface area contributed by atoms with Crippen molar-refractivity contribution in [3.05, 3.63) is 37.0 Å². The molecule has 8 atom stereocenters. The van der Waals surface area contributed by atoms with E-state index in [0.717, 1.165) is 80.4 Å². The van der Waals surface area contributed by atoms with E-state index < -0.39 is 90.7 Å². The highest BCUT2D eigenvalue weighted by Crippen LogP contribution is 2.61. The van der Waals surface area contributed by atoms with E-state index in [1.807, 2.05) is 0 Å². The van der Waals surface area contributed by atoms with Gasteiger partial charge in [-0.3, -0.25) is 32.5 Å². The van der Waals surface area contributed by atoms with Crippen LogP contribution in [0.4, 0.5) is 5.82 Å². The first-order valence-electron chi connectivity index (χ1n) is 23.0. The van der Waals surface area contributed by atoms with Crippen molar-refractivity contribution in [3.8, 4) is 0 Å². The fraction of sp³-hybridized carbons (Fsp3) is 0.707. The SMILES string of the molecule is CCCCC/C=C\C/C=C\CCCCCCC[C@@H](O)CC(=O)SCCNC(=O)CCNC(=O)[C@H](O)C(C)(C)COP(=O)(O)OP(=O)(O)OC[C@H]1O[C@@H](n2cnc3c(N)ncnc32)[C@H](O)[C@@H]1OP(=O)(O)O. The maximum atomic E-state index is 12.7. The third-order valence-electron chi connectivity index (χ3n) is 10.7. The smallest absolute Gasteiger partial charge is 0.393 e. The molecule has 2 unspecified atom stereocenters. The monoisotopic (exact) mass is 1070 g/mol. The zero-order chi connectivity index (χ0) is 52.0. The molecule has 29 heteroatoms. The minimum Gasteiger partial charge on any atom is -0.393 e. The normalized spacial score (nSPS) is 20.4. The lowest BCUT2D eigenvalue weighted by Crippen LogP contribution is -2.46. The van der Waals surface area contributed by atoms with Crippen LogP contribution in [0, 0.1) is 5.41 Å². The van der Waals surface area contributed by atoms with Crippen molar-refractivity contribution in [2.24, 2.45) is 5.41 Å². The number of amides is 2. The molecule has 2 aromatic rings. The van der Waals surface area contributed by atoms with Crippen LogP contribution in [0.15, 0.2) is 37.0 Å². The van der Waals surface area contributed by atoms with E-state index in [4.69, 9.17) is 19.5 Å². The van der Waals surface area contributed by atoms with Crippen LogP contribution < -0.4 is 16.4 Å². The molecule has 1 fully saturated rings. The Labute approximate surface area is 411 Å². The van der Waals surface area contributed by atoms with Crippen LogP contribution >= 0.6 is 35.2 Å². The van der Waals surface area contributed by atoms with Gasteiger partial charge in [-0.2, -0.15) is 4.31 Å². The molecule has 3 rings (SSSR count). The number of aromatic nitrogens is 4. The quantitative estimate of drug-likeness (QED) is 0.0262. The predicted octanol–water partition coefficient (Wildman–Crippen LogP) is 4.23. The number of imidazole rings is 1. The van der Waals surface area contributed by atoms with Gasteiger partial charge in [-0.1, -0.05) is 95.4 Å². The molecule has 70 heavy (non-hydrogen) atoms. The molecule has 3 heterocycles. The number of anilines is 1. The number of ether oxygens (including phenoxy) is 1. The van der Waals surface area contributed by atoms with E-state index in [9.17, 15) is 63.0 Å². The summed E-state index contributed by atoms with van der Waals surface area (Å²) in [5, 5.41) is 36.6. The van der Waals surface area contributed by atoms with Crippen molar-refractivity contribution >= 4 is 69.1 Å². The molecule has 0 bridgehead atoms. The second-order valence-electron chi connectivity index (χ2n) is 17.2. The Bertz CT molecular complexity index is 2160. The maximum Gasteiger partial charge on any atom is 0.481 e. The van der Waals surface area contributed by atoms with E-state index in [0.29, 0.717) is 6.42 Å². The highest BCUT2D eigenvalue weighted by Gasteiger charge is 2.50. The molecule has 0 aromatic carbocycles. The molecule has 0 aliphatic carbocycles. The van der Waals surface area contributed by atoms with Crippen LogP contribution in [0.25, 0.3) is 11.2 Å². The Morgan fingerprint density at radius 1 is 0.914 bits per heavy atom. The number of hydrogen-bond donors (Lipinski definition) is 10. The third kappa shape index (κ3) is 22.8. The lowest BCUT2D eigenvalue weighted by molar-refractivity contribution is -0.137. The van der Waals surface area contributed by atoms with Gasteiger partial charge in [-0.25, -0.2) is 28.6 Å². The van der Waals surface area contributed by atoms with Crippen LogP contribution in [-0.4, -0.2) is 134 Å². The van der Waals surface area contributed by atoms with Gasteiger partial charge < -0.3 is 56.0 Å². The number of aliphatic hydroxyl groups is 3. The molecule has 0 radical (unpaired) electrons. The fourth-order valence-corrected chi connectivity index (χ4v) is 10.4. The summed E-state index contributed by atoms with van der Waals surface area (Å²) in [6.07, 6.45) is 13.8. The van der Waals surface area contributed by atoms with Gasteiger partial charge in [0.05, 0.1) is 25.6 Å². The van der Waals surface area contributed by atoms with Crippen molar-refractivity contribution in [1.29, 1.82) is 0 Å². The molecule has 398 valence electrons. The summed E-state index contributed by atoms with van der Waals surface area (Å²) in [5.41, 5.74) is 4.25. The second kappa shape index (κ2) is 30.3. The lowest BCUT2D eigenvalue weighted by atomic mass is 9.87. The Hall–Kier alpha value is -3.00. The molecule has 0 spiro atoms. The van der Waals surface area contributed by atoms with Gasteiger partial charge in [0.2, 0.25) is 11.8 Å². The number of nitrogen functional groups attached to an aromatic ring is 1. The number of phosphoric acid groups is 3. The Kier molecular flexibility index (Phi) is 26.5. The number of phosphoric ester groups is 3. The molecule has 1 saturated heterocycles. The average molecular weight is 1070 g/mol. The van der Waals surface area contributed by atoms with Gasteiger partial charge >= 0.3 is 23.5 Å².